The van der Waals surface area contributed by atoms with Crippen LogP contribution in [0.5, 0.6) is 0 Å². The molecule has 1 aliphatic rings. The van der Waals surface area contributed by atoms with Gasteiger partial charge in [-0.1, -0.05) is 6.92 Å². The molecule has 0 bridgehead atoms. The van der Waals surface area contributed by atoms with Crippen LogP contribution in [0.25, 0.3) is 0 Å². The highest BCUT2D eigenvalue weighted by Crippen LogP contribution is 2.24. The molecule has 1 saturated heterocycles. The molecule has 0 saturated carbocycles. The number of thiophene rings is 1. The minimum atomic E-state index is -0.874. The Hall–Kier alpha value is -1.36. The van der Waals surface area contributed by atoms with Crippen LogP contribution >= 0.6 is 11.3 Å². The van der Waals surface area contributed by atoms with E-state index in [0.717, 1.165) is 11.3 Å². The molecule has 1 aliphatic heterocycles. The summed E-state index contributed by atoms with van der Waals surface area (Å²) in [5.41, 5.74) is 0. The summed E-state index contributed by atoms with van der Waals surface area (Å²) in [4.78, 5) is 26.5. The second-order valence-corrected chi connectivity index (χ2v) is 5.49. The van der Waals surface area contributed by atoms with E-state index < -0.39 is 11.9 Å². The lowest BCUT2D eigenvalue weighted by Gasteiger charge is -2.14. The highest BCUT2D eigenvalue weighted by atomic mass is 32.1. The van der Waals surface area contributed by atoms with Gasteiger partial charge in [0.05, 0.1) is 12.5 Å². The molecule has 2 heterocycles. The maximum absolute atomic E-state index is 11.6. The minimum absolute atomic E-state index is 0.0520. The van der Waals surface area contributed by atoms with Gasteiger partial charge in [-0.15, -0.1) is 11.3 Å². The Bertz CT molecular complexity index is 441. The van der Waals surface area contributed by atoms with E-state index in [4.69, 9.17) is 5.11 Å². The van der Waals surface area contributed by atoms with Crippen LogP contribution in [0.1, 0.15) is 23.1 Å². The van der Waals surface area contributed by atoms with Crippen molar-refractivity contribution in [2.24, 2.45) is 5.92 Å². The lowest BCUT2D eigenvalue weighted by atomic mass is 10.1. The number of carbonyl (C=O) groups excluding carboxylic acids is 1. The predicted molar refractivity (Wildman–Crippen MR) is 64.9 cm³/mol. The summed E-state index contributed by atoms with van der Waals surface area (Å²) in [6.07, 6.45) is 1.14. The molecule has 0 aliphatic carbocycles. The third-order valence-corrected chi connectivity index (χ3v) is 4.19. The summed E-state index contributed by atoms with van der Waals surface area (Å²) in [5, 5.41) is 8.88. The van der Waals surface area contributed by atoms with E-state index in [1.165, 1.54) is 4.88 Å². The Labute approximate surface area is 104 Å². The molecule has 2 rings (SSSR count). The summed E-state index contributed by atoms with van der Waals surface area (Å²) in [6, 6.07) is 4.08. The van der Waals surface area contributed by atoms with Crippen molar-refractivity contribution < 1.29 is 14.7 Å². The van der Waals surface area contributed by atoms with Crippen molar-refractivity contribution in [3.05, 3.63) is 21.9 Å². The fraction of sp³-hybridized carbons (Fsp3) is 0.500. The first-order valence-electron chi connectivity index (χ1n) is 5.68. The van der Waals surface area contributed by atoms with Gasteiger partial charge in [0.2, 0.25) is 5.91 Å². The third kappa shape index (κ3) is 2.66. The molecule has 92 valence electrons. The fourth-order valence-corrected chi connectivity index (χ4v) is 2.95. The van der Waals surface area contributed by atoms with E-state index in [2.05, 4.69) is 13.0 Å². The topological polar surface area (TPSA) is 57.6 Å². The quantitative estimate of drug-likeness (QED) is 0.889. The lowest BCUT2D eigenvalue weighted by molar-refractivity contribution is -0.141. The molecular weight excluding hydrogens is 238 g/mol. The first-order valence-corrected chi connectivity index (χ1v) is 6.50. The van der Waals surface area contributed by atoms with E-state index in [1.807, 2.05) is 6.07 Å². The average Bonchev–Trinajstić information content (AvgIpc) is 2.87. The van der Waals surface area contributed by atoms with Crippen molar-refractivity contribution in [3.63, 3.8) is 0 Å². The number of likely N-dealkylation sites (tertiary alicyclic amines) is 1. The van der Waals surface area contributed by atoms with E-state index >= 15 is 0 Å². The normalized spacial score (nSPS) is 19.9. The maximum atomic E-state index is 11.6. The van der Waals surface area contributed by atoms with E-state index in [0.29, 0.717) is 13.1 Å². The number of carboxylic acids is 1. The van der Waals surface area contributed by atoms with Gasteiger partial charge in [0.25, 0.3) is 0 Å². The lowest BCUT2D eigenvalue weighted by Crippen LogP contribution is -2.25. The molecule has 1 aromatic heterocycles. The molecule has 1 amide bonds. The standard InChI is InChI=1S/C12H15NO3S/c1-2-9-3-4-10(17-9)7-13-6-8(12(15)16)5-11(13)14/h3-4,8H,2,5-7H2,1H3,(H,15,16). The molecule has 0 spiro atoms. The summed E-state index contributed by atoms with van der Waals surface area (Å²) in [6.45, 7) is 2.98. The van der Waals surface area contributed by atoms with Gasteiger partial charge in [-0.05, 0) is 18.6 Å². The largest absolute Gasteiger partial charge is 0.481 e. The van der Waals surface area contributed by atoms with Crippen molar-refractivity contribution in [3.8, 4) is 0 Å². The Morgan fingerprint density at radius 3 is 2.76 bits per heavy atom. The Kier molecular flexibility index (Phi) is 3.47. The van der Waals surface area contributed by atoms with Crippen molar-refractivity contribution in [1.29, 1.82) is 0 Å². The Morgan fingerprint density at radius 1 is 1.53 bits per heavy atom. The van der Waals surface area contributed by atoms with Gasteiger partial charge in [0.1, 0.15) is 0 Å². The number of rotatable bonds is 4. The van der Waals surface area contributed by atoms with E-state index in [1.54, 1.807) is 16.2 Å². The van der Waals surface area contributed by atoms with Crippen molar-refractivity contribution in [2.45, 2.75) is 26.3 Å². The molecule has 1 N–H and O–H groups in total. The van der Waals surface area contributed by atoms with Crippen LogP contribution in [0, 0.1) is 5.92 Å². The molecule has 4 nitrogen and oxygen atoms in total. The van der Waals surface area contributed by atoms with Gasteiger partial charge in [-0.25, -0.2) is 0 Å². The van der Waals surface area contributed by atoms with Crippen molar-refractivity contribution in [1.82, 2.24) is 4.90 Å². The van der Waals surface area contributed by atoms with E-state index in [9.17, 15) is 9.59 Å². The van der Waals surface area contributed by atoms with Crippen molar-refractivity contribution in [2.75, 3.05) is 6.54 Å². The molecule has 1 atom stereocenters. The highest BCUT2D eigenvalue weighted by Gasteiger charge is 2.34. The number of carboxylic acid groups (broad SMARTS) is 1. The van der Waals surface area contributed by atoms with Gasteiger partial charge in [0, 0.05) is 22.7 Å². The number of hydrogen-bond acceptors (Lipinski definition) is 3. The van der Waals surface area contributed by atoms with Gasteiger partial charge in [-0.2, -0.15) is 0 Å². The molecule has 17 heavy (non-hydrogen) atoms. The summed E-state index contributed by atoms with van der Waals surface area (Å²) in [7, 11) is 0. The fourth-order valence-electron chi connectivity index (χ4n) is 1.98. The molecular formula is C12H15NO3S. The first kappa shape index (κ1) is 12.1. The average molecular weight is 253 g/mol. The van der Waals surface area contributed by atoms with Crippen LogP contribution in [0.3, 0.4) is 0 Å². The molecule has 5 heteroatoms. The third-order valence-electron chi connectivity index (χ3n) is 2.98. The van der Waals surface area contributed by atoms with Gasteiger partial charge in [0.15, 0.2) is 0 Å². The molecule has 1 fully saturated rings. The second-order valence-electron chi connectivity index (χ2n) is 4.24. The van der Waals surface area contributed by atoms with Crippen LogP contribution in [0.15, 0.2) is 12.1 Å². The molecule has 1 aromatic rings. The van der Waals surface area contributed by atoms with Crippen LogP contribution in [-0.4, -0.2) is 28.4 Å². The van der Waals surface area contributed by atoms with Gasteiger partial charge >= 0.3 is 5.97 Å². The molecule has 1 unspecified atom stereocenters. The number of hydrogen-bond donors (Lipinski definition) is 1. The number of nitrogens with zero attached hydrogens (tertiary/aromatic N) is 1. The van der Waals surface area contributed by atoms with Gasteiger partial charge in [-0.3, -0.25) is 9.59 Å². The number of aliphatic carboxylic acids is 1. The zero-order chi connectivity index (χ0) is 12.4. The molecule has 0 aromatic carbocycles. The molecule has 0 radical (unpaired) electrons. The second kappa shape index (κ2) is 4.87. The Balaban J connectivity index is 2.00. The van der Waals surface area contributed by atoms with Gasteiger partial charge < -0.3 is 10.0 Å². The smallest absolute Gasteiger partial charge is 0.308 e. The van der Waals surface area contributed by atoms with Crippen molar-refractivity contribution >= 4 is 23.2 Å². The summed E-state index contributed by atoms with van der Waals surface area (Å²) >= 11 is 1.69. The monoisotopic (exact) mass is 253 g/mol. The first-order chi connectivity index (χ1) is 8.10. The van der Waals surface area contributed by atoms with Crippen LogP contribution in [0.2, 0.25) is 0 Å². The zero-order valence-electron chi connectivity index (χ0n) is 9.68. The number of aryl methyl sites for hydroxylation is 1. The maximum Gasteiger partial charge on any atom is 0.308 e. The number of carbonyl (C=O) groups is 2. The van der Waals surface area contributed by atoms with Crippen LogP contribution < -0.4 is 0 Å². The summed E-state index contributed by atoms with van der Waals surface area (Å²) < 4.78 is 0. The van der Waals surface area contributed by atoms with Crippen LogP contribution in [0.4, 0.5) is 0 Å². The zero-order valence-corrected chi connectivity index (χ0v) is 10.5. The van der Waals surface area contributed by atoms with E-state index in [-0.39, 0.29) is 12.3 Å². The predicted octanol–water partition coefficient (Wildman–Crippen LogP) is 1.74. The summed E-state index contributed by atoms with van der Waals surface area (Å²) in [5.74, 6) is -1.46. The van der Waals surface area contributed by atoms with Crippen LogP contribution in [-0.2, 0) is 22.6 Å². The number of amides is 1. The minimum Gasteiger partial charge on any atom is -0.481 e. The Morgan fingerprint density at radius 2 is 2.24 bits per heavy atom. The highest BCUT2D eigenvalue weighted by molar-refractivity contribution is 7.11. The SMILES string of the molecule is CCc1ccc(CN2CC(C(=O)O)CC2=O)s1.